The minimum absolute atomic E-state index is 0.209. The van der Waals surface area contributed by atoms with Crippen LogP contribution >= 0.6 is 15.9 Å². The number of ether oxygens (including phenoxy) is 1. The van der Waals surface area contributed by atoms with Crippen LogP contribution in [-0.4, -0.2) is 18.7 Å². The Labute approximate surface area is 153 Å². The summed E-state index contributed by atoms with van der Waals surface area (Å²) in [5, 5.41) is 4.85. The number of hydrogen-bond acceptors (Lipinski definition) is 4. The van der Waals surface area contributed by atoms with Crippen molar-refractivity contribution in [2.45, 2.75) is 0 Å². The van der Waals surface area contributed by atoms with Gasteiger partial charge in [0.05, 0.1) is 6.21 Å². The zero-order valence-corrected chi connectivity index (χ0v) is 14.8. The first kappa shape index (κ1) is 17.0. The van der Waals surface area contributed by atoms with Crippen LogP contribution < -0.4 is 10.2 Å². The minimum Gasteiger partial charge on any atom is -0.490 e. The van der Waals surface area contributed by atoms with E-state index in [1.54, 1.807) is 18.2 Å². The Morgan fingerprint density at radius 3 is 2.92 bits per heavy atom. The van der Waals surface area contributed by atoms with E-state index in [0.29, 0.717) is 17.9 Å². The highest BCUT2D eigenvalue weighted by Gasteiger charge is 2.11. The zero-order chi connectivity index (χ0) is 17.6. The lowest BCUT2D eigenvalue weighted by atomic mass is 10.2. The molecule has 0 radical (unpaired) electrons. The number of hydrogen-bond donors (Lipinski definition) is 1. The van der Waals surface area contributed by atoms with Gasteiger partial charge in [0.1, 0.15) is 17.9 Å². The van der Waals surface area contributed by atoms with Crippen LogP contribution in [0.25, 0.3) is 11.0 Å². The number of halogens is 1. The SMILES string of the molecule is C=CCOc1ccc(Br)c(C=NNC(=O)c2cc3ccccc3o2)c1. The van der Waals surface area contributed by atoms with Crippen molar-refractivity contribution in [2.24, 2.45) is 5.10 Å². The van der Waals surface area contributed by atoms with Crippen LogP contribution in [0.1, 0.15) is 16.1 Å². The minimum atomic E-state index is -0.414. The van der Waals surface area contributed by atoms with Crippen molar-refractivity contribution >= 4 is 39.0 Å². The molecule has 1 aromatic heterocycles. The van der Waals surface area contributed by atoms with Gasteiger partial charge in [0.25, 0.3) is 0 Å². The number of carbonyl (C=O) groups excluding carboxylic acids is 1. The summed E-state index contributed by atoms with van der Waals surface area (Å²) < 4.78 is 11.8. The topological polar surface area (TPSA) is 63.8 Å². The molecule has 0 saturated carbocycles. The summed E-state index contributed by atoms with van der Waals surface area (Å²) in [7, 11) is 0. The molecular formula is C19H15BrN2O3. The third-order valence-electron chi connectivity index (χ3n) is 3.35. The molecule has 0 spiro atoms. The van der Waals surface area contributed by atoms with Gasteiger partial charge in [-0.15, -0.1) is 0 Å². The fourth-order valence-corrected chi connectivity index (χ4v) is 2.52. The predicted molar refractivity (Wildman–Crippen MR) is 101 cm³/mol. The summed E-state index contributed by atoms with van der Waals surface area (Å²) in [5.41, 5.74) is 3.89. The second-order valence-electron chi connectivity index (χ2n) is 5.13. The van der Waals surface area contributed by atoms with E-state index in [0.717, 1.165) is 15.4 Å². The molecule has 126 valence electrons. The normalized spacial score (nSPS) is 10.9. The number of benzene rings is 2. The monoisotopic (exact) mass is 398 g/mol. The van der Waals surface area contributed by atoms with E-state index in [-0.39, 0.29) is 5.76 Å². The lowest BCUT2D eigenvalue weighted by molar-refractivity contribution is 0.0929. The van der Waals surface area contributed by atoms with E-state index in [9.17, 15) is 4.79 Å². The molecule has 1 amide bonds. The van der Waals surface area contributed by atoms with Gasteiger partial charge in [-0.1, -0.05) is 46.8 Å². The van der Waals surface area contributed by atoms with Crippen molar-refractivity contribution in [1.82, 2.24) is 5.43 Å². The van der Waals surface area contributed by atoms with E-state index in [1.165, 1.54) is 6.21 Å². The van der Waals surface area contributed by atoms with Crippen LogP contribution in [0.5, 0.6) is 5.75 Å². The first-order chi connectivity index (χ1) is 12.2. The average Bonchev–Trinajstić information content (AvgIpc) is 3.06. The number of para-hydroxylation sites is 1. The molecule has 3 aromatic rings. The van der Waals surface area contributed by atoms with Crippen molar-refractivity contribution in [3.8, 4) is 5.75 Å². The van der Waals surface area contributed by atoms with Crippen LogP contribution in [-0.2, 0) is 0 Å². The molecule has 0 atom stereocenters. The molecule has 0 saturated heterocycles. The Hall–Kier alpha value is -2.86. The standard InChI is InChI=1S/C19H15BrN2O3/c1-2-9-24-15-7-8-16(20)14(10-15)12-21-22-19(23)18-11-13-5-3-4-6-17(13)25-18/h2-8,10-12H,1,9H2,(H,22,23). The van der Waals surface area contributed by atoms with Gasteiger partial charge in [0.15, 0.2) is 5.76 Å². The van der Waals surface area contributed by atoms with Gasteiger partial charge in [-0.25, -0.2) is 5.43 Å². The molecule has 5 nitrogen and oxygen atoms in total. The van der Waals surface area contributed by atoms with E-state index in [2.05, 4.69) is 33.0 Å². The molecule has 2 aromatic carbocycles. The van der Waals surface area contributed by atoms with Crippen molar-refractivity contribution in [3.05, 3.63) is 77.0 Å². The van der Waals surface area contributed by atoms with Gasteiger partial charge < -0.3 is 9.15 Å². The fourth-order valence-electron chi connectivity index (χ4n) is 2.18. The Kier molecular flexibility index (Phi) is 5.30. The quantitative estimate of drug-likeness (QED) is 0.377. The fraction of sp³-hybridized carbons (Fsp3) is 0.0526. The lowest BCUT2D eigenvalue weighted by Crippen LogP contribution is -2.16. The maximum Gasteiger partial charge on any atom is 0.307 e. The Morgan fingerprint density at radius 1 is 1.28 bits per heavy atom. The Bertz CT molecular complexity index is 914. The number of rotatable bonds is 6. The summed E-state index contributed by atoms with van der Waals surface area (Å²) in [4.78, 5) is 12.1. The largest absolute Gasteiger partial charge is 0.490 e. The highest BCUT2D eigenvalue weighted by molar-refractivity contribution is 9.10. The maximum absolute atomic E-state index is 12.1. The number of fused-ring (bicyclic) bond motifs is 1. The average molecular weight is 399 g/mol. The van der Waals surface area contributed by atoms with E-state index >= 15 is 0 Å². The van der Waals surface area contributed by atoms with Gasteiger partial charge in [-0.2, -0.15) is 5.10 Å². The molecule has 1 heterocycles. The van der Waals surface area contributed by atoms with E-state index in [1.807, 2.05) is 36.4 Å². The summed E-state index contributed by atoms with van der Waals surface area (Å²) in [6, 6.07) is 14.6. The van der Waals surface area contributed by atoms with Gasteiger partial charge in [-0.3, -0.25) is 4.79 Å². The van der Waals surface area contributed by atoms with Crippen molar-refractivity contribution < 1.29 is 13.9 Å². The van der Waals surface area contributed by atoms with E-state index in [4.69, 9.17) is 9.15 Å². The highest BCUT2D eigenvalue weighted by Crippen LogP contribution is 2.21. The third-order valence-corrected chi connectivity index (χ3v) is 4.08. The zero-order valence-electron chi connectivity index (χ0n) is 13.2. The van der Waals surface area contributed by atoms with Crippen LogP contribution in [0.3, 0.4) is 0 Å². The second-order valence-corrected chi connectivity index (χ2v) is 5.98. The van der Waals surface area contributed by atoms with Crippen molar-refractivity contribution in [2.75, 3.05) is 6.61 Å². The van der Waals surface area contributed by atoms with Crippen LogP contribution in [0, 0.1) is 0 Å². The first-order valence-corrected chi connectivity index (χ1v) is 8.32. The number of nitrogens with zero attached hydrogens (tertiary/aromatic N) is 1. The summed E-state index contributed by atoms with van der Waals surface area (Å²) >= 11 is 3.44. The first-order valence-electron chi connectivity index (χ1n) is 7.52. The molecule has 25 heavy (non-hydrogen) atoms. The van der Waals surface area contributed by atoms with Crippen molar-refractivity contribution in [1.29, 1.82) is 0 Å². The molecule has 0 unspecified atom stereocenters. The molecule has 1 N–H and O–H groups in total. The molecule has 3 rings (SSSR count). The molecule has 0 aliphatic rings. The molecule has 6 heteroatoms. The summed E-state index contributed by atoms with van der Waals surface area (Å²) in [5.74, 6) is 0.483. The van der Waals surface area contributed by atoms with Gasteiger partial charge >= 0.3 is 5.91 Å². The summed E-state index contributed by atoms with van der Waals surface area (Å²) in [6.45, 7) is 4.03. The second kappa shape index (κ2) is 7.81. The molecule has 0 aliphatic carbocycles. The van der Waals surface area contributed by atoms with Crippen LogP contribution in [0.15, 0.2) is 75.2 Å². The summed E-state index contributed by atoms with van der Waals surface area (Å²) in [6.07, 6.45) is 3.20. The number of furan rings is 1. The number of carbonyl (C=O) groups is 1. The number of hydrazone groups is 1. The Morgan fingerprint density at radius 2 is 2.12 bits per heavy atom. The molecule has 0 aliphatic heterocycles. The third kappa shape index (κ3) is 4.16. The van der Waals surface area contributed by atoms with Gasteiger partial charge in [0, 0.05) is 15.4 Å². The molecule has 0 fully saturated rings. The molecular weight excluding hydrogens is 384 g/mol. The van der Waals surface area contributed by atoms with Gasteiger partial charge in [-0.05, 0) is 30.3 Å². The van der Waals surface area contributed by atoms with Gasteiger partial charge in [0.2, 0.25) is 0 Å². The maximum atomic E-state index is 12.1. The van der Waals surface area contributed by atoms with Crippen molar-refractivity contribution in [3.63, 3.8) is 0 Å². The lowest BCUT2D eigenvalue weighted by Gasteiger charge is -2.05. The number of amides is 1. The molecule has 0 bridgehead atoms. The highest BCUT2D eigenvalue weighted by atomic mass is 79.9. The smallest absolute Gasteiger partial charge is 0.307 e. The Balaban J connectivity index is 1.69. The van der Waals surface area contributed by atoms with Crippen LogP contribution in [0.2, 0.25) is 0 Å². The van der Waals surface area contributed by atoms with Crippen LogP contribution in [0.4, 0.5) is 0 Å². The van der Waals surface area contributed by atoms with E-state index < -0.39 is 5.91 Å². The number of nitrogens with one attached hydrogen (secondary N) is 1. The predicted octanol–water partition coefficient (Wildman–Crippen LogP) is 4.52.